The van der Waals surface area contributed by atoms with Crippen molar-refractivity contribution in [3.63, 3.8) is 0 Å². The molecule has 1 saturated carbocycles. The van der Waals surface area contributed by atoms with E-state index in [2.05, 4.69) is 17.4 Å². The van der Waals surface area contributed by atoms with Gasteiger partial charge >= 0.3 is 11.9 Å². The minimum atomic E-state index is -1.16. The predicted octanol–water partition coefficient (Wildman–Crippen LogP) is 3.86. The SMILES string of the molecule is CC(C)(C(=O)ON(C1CC(CCc2ccc3c(n2)NCCC3)C1)[C@@H](CCO)C(=O)O)c1ccc(F)cc1. The number of carboxylic acid groups (broad SMARTS) is 1. The number of hydrogen-bond donors (Lipinski definition) is 3. The van der Waals surface area contributed by atoms with Crippen LogP contribution in [-0.2, 0) is 32.7 Å². The third-order valence-electron chi connectivity index (χ3n) is 7.59. The van der Waals surface area contributed by atoms with Gasteiger partial charge in [0.25, 0.3) is 0 Å². The lowest BCUT2D eigenvalue weighted by molar-refractivity contribution is -0.237. The summed E-state index contributed by atoms with van der Waals surface area (Å²) in [5, 5.41) is 23.9. The number of aryl methyl sites for hydroxylation is 2. The lowest BCUT2D eigenvalue weighted by Gasteiger charge is -2.44. The molecule has 0 amide bonds. The third-order valence-corrected chi connectivity index (χ3v) is 7.59. The van der Waals surface area contributed by atoms with Crippen molar-refractivity contribution in [2.45, 2.75) is 76.3 Å². The fourth-order valence-corrected chi connectivity index (χ4v) is 5.07. The van der Waals surface area contributed by atoms with Crippen molar-refractivity contribution in [2.75, 3.05) is 18.5 Å². The number of aliphatic hydroxyl groups is 1. The molecule has 3 N–H and O–H groups in total. The lowest BCUT2D eigenvalue weighted by atomic mass is 9.76. The summed E-state index contributed by atoms with van der Waals surface area (Å²) in [6.45, 7) is 3.92. The molecule has 0 radical (unpaired) electrons. The first kappa shape index (κ1) is 27.0. The average molecular weight is 514 g/mol. The van der Waals surface area contributed by atoms with Gasteiger partial charge < -0.3 is 20.4 Å². The fourth-order valence-electron chi connectivity index (χ4n) is 5.07. The highest BCUT2D eigenvalue weighted by atomic mass is 19.1. The zero-order chi connectivity index (χ0) is 26.6. The molecule has 1 aliphatic carbocycles. The van der Waals surface area contributed by atoms with Crippen LogP contribution in [0.3, 0.4) is 0 Å². The Bertz CT molecular complexity index is 1100. The van der Waals surface area contributed by atoms with Gasteiger partial charge in [-0.15, -0.1) is 5.06 Å². The molecule has 1 aromatic carbocycles. The second kappa shape index (κ2) is 11.6. The Kier molecular flexibility index (Phi) is 8.44. The van der Waals surface area contributed by atoms with Crippen LogP contribution in [0.2, 0.25) is 0 Å². The van der Waals surface area contributed by atoms with Crippen LogP contribution in [0.25, 0.3) is 0 Å². The van der Waals surface area contributed by atoms with E-state index in [1.807, 2.05) is 0 Å². The van der Waals surface area contributed by atoms with Gasteiger partial charge in [-0.2, -0.15) is 0 Å². The van der Waals surface area contributed by atoms with Crippen LogP contribution in [0, 0.1) is 11.7 Å². The molecule has 1 aromatic heterocycles. The number of anilines is 1. The zero-order valence-electron chi connectivity index (χ0n) is 21.5. The van der Waals surface area contributed by atoms with Crippen LogP contribution in [0.15, 0.2) is 36.4 Å². The van der Waals surface area contributed by atoms with Crippen LogP contribution in [0.4, 0.5) is 10.2 Å². The molecule has 4 rings (SSSR count). The highest BCUT2D eigenvalue weighted by Crippen LogP contribution is 2.38. The summed E-state index contributed by atoms with van der Waals surface area (Å²) < 4.78 is 13.4. The minimum absolute atomic E-state index is 0.0627. The topological polar surface area (TPSA) is 112 Å². The second-order valence-electron chi connectivity index (χ2n) is 10.6. The average Bonchev–Trinajstić information content (AvgIpc) is 2.85. The molecular formula is C28H36FN3O5. The zero-order valence-corrected chi connectivity index (χ0v) is 21.5. The number of nitrogens with zero attached hydrogens (tertiary/aromatic N) is 2. The normalized spacial score (nSPS) is 19.9. The van der Waals surface area contributed by atoms with Gasteiger partial charge in [0.15, 0.2) is 0 Å². The quantitative estimate of drug-likeness (QED) is 0.389. The number of hydrogen-bond acceptors (Lipinski definition) is 7. The van der Waals surface area contributed by atoms with Crippen molar-refractivity contribution in [1.29, 1.82) is 0 Å². The number of halogens is 1. The Labute approximate surface area is 216 Å². The largest absolute Gasteiger partial charge is 0.480 e. The van der Waals surface area contributed by atoms with Gasteiger partial charge in [-0.25, -0.2) is 14.2 Å². The Morgan fingerprint density at radius 1 is 1.22 bits per heavy atom. The van der Waals surface area contributed by atoms with E-state index in [4.69, 9.17) is 9.82 Å². The summed E-state index contributed by atoms with van der Waals surface area (Å²) in [6.07, 6.45) is 5.20. The van der Waals surface area contributed by atoms with Gasteiger partial charge in [-0.1, -0.05) is 18.2 Å². The molecule has 37 heavy (non-hydrogen) atoms. The van der Waals surface area contributed by atoms with E-state index < -0.39 is 29.2 Å². The number of rotatable bonds is 11. The van der Waals surface area contributed by atoms with E-state index in [-0.39, 0.29) is 19.1 Å². The number of nitrogens with one attached hydrogen (secondary N) is 1. The number of carboxylic acids is 1. The van der Waals surface area contributed by atoms with E-state index >= 15 is 0 Å². The van der Waals surface area contributed by atoms with Crippen LogP contribution in [-0.4, -0.2) is 57.4 Å². The molecule has 8 nitrogen and oxygen atoms in total. The number of aliphatic hydroxyl groups excluding tert-OH is 1. The first-order valence-corrected chi connectivity index (χ1v) is 13.0. The second-order valence-corrected chi connectivity index (χ2v) is 10.6. The maximum Gasteiger partial charge on any atom is 0.334 e. The van der Waals surface area contributed by atoms with Crippen molar-refractivity contribution in [3.8, 4) is 0 Å². The first-order chi connectivity index (χ1) is 17.7. The predicted molar refractivity (Wildman–Crippen MR) is 136 cm³/mol. The Balaban J connectivity index is 1.40. The van der Waals surface area contributed by atoms with Crippen molar-refractivity contribution in [3.05, 3.63) is 59.0 Å². The molecule has 1 fully saturated rings. The number of pyridine rings is 1. The number of hydroxylamine groups is 2. The van der Waals surface area contributed by atoms with Gasteiger partial charge in [0.05, 0.1) is 5.41 Å². The standard InChI is InChI=1S/C28H36FN3O5/c1-28(2,20-7-9-21(29)10-8-20)27(36)37-32(24(13-15-33)26(34)35)23-16-18(17-23)5-11-22-12-6-19-4-3-14-30-25(19)31-22/h6-10,12,18,23-24,33H,3-5,11,13-17H2,1-2H3,(H,30,31)(H,34,35)/t18?,23?,24-/m0/s1. The summed E-state index contributed by atoms with van der Waals surface area (Å²) in [5.41, 5.74) is 1.73. The molecule has 0 saturated heterocycles. The third kappa shape index (κ3) is 6.27. The van der Waals surface area contributed by atoms with Crippen LogP contribution in [0.5, 0.6) is 0 Å². The maximum atomic E-state index is 13.4. The van der Waals surface area contributed by atoms with Crippen molar-refractivity contribution in [1.82, 2.24) is 10.0 Å². The van der Waals surface area contributed by atoms with Gasteiger partial charge in [0.2, 0.25) is 0 Å². The Morgan fingerprint density at radius 2 is 1.95 bits per heavy atom. The fraction of sp³-hybridized carbons (Fsp3) is 0.536. The van der Waals surface area contributed by atoms with Gasteiger partial charge in [0.1, 0.15) is 17.7 Å². The number of aromatic nitrogens is 1. The maximum absolute atomic E-state index is 13.4. The molecular weight excluding hydrogens is 477 g/mol. The van der Waals surface area contributed by atoms with Crippen LogP contribution in [0.1, 0.15) is 62.8 Å². The smallest absolute Gasteiger partial charge is 0.334 e. The summed E-state index contributed by atoms with van der Waals surface area (Å²) in [5.74, 6) is -0.866. The number of benzene rings is 1. The number of carbonyl (C=O) groups excluding carboxylic acids is 1. The van der Waals surface area contributed by atoms with E-state index in [1.165, 1.54) is 34.9 Å². The van der Waals surface area contributed by atoms with Crippen molar-refractivity contribution < 1.29 is 29.0 Å². The van der Waals surface area contributed by atoms with E-state index in [9.17, 15) is 24.2 Å². The van der Waals surface area contributed by atoms with E-state index in [0.29, 0.717) is 24.3 Å². The summed E-state index contributed by atoms with van der Waals surface area (Å²) >= 11 is 0. The summed E-state index contributed by atoms with van der Waals surface area (Å²) in [7, 11) is 0. The molecule has 9 heteroatoms. The highest BCUT2D eigenvalue weighted by Gasteiger charge is 2.44. The van der Waals surface area contributed by atoms with Gasteiger partial charge in [-0.05, 0) is 94.0 Å². The molecule has 1 atom stereocenters. The monoisotopic (exact) mass is 513 g/mol. The molecule has 2 aliphatic rings. The van der Waals surface area contributed by atoms with E-state index in [0.717, 1.165) is 43.7 Å². The summed E-state index contributed by atoms with van der Waals surface area (Å²) in [6, 6.07) is 8.40. The van der Waals surface area contributed by atoms with Crippen molar-refractivity contribution in [2.24, 2.45) is 5.92 Å². The molecule has 2 heterocycles. The van der Waals surface area contributed by atoms with Gasteiger partial charge in [0, 0.05) is 24.9 Å². The number of carbonyl (C=O) groups is 2. The number of fused-ring (bicyclic) bond motifs is 1. The molecule has 0 bridgehead atoms. The summed E-state index contributed by atoms with van der Waals surface area (Å²) in [4.78, 5) is 35.7. The van der Waals surface area contributed by atoms with Crippen LogP contribution >= 0.6 is 0 Å². The first-order valence-electron chi connectivity index (χ1n) is 13.0. The molecule has 0 spiro atoms. The lowest BCUT2D eigenvalue weighted by Crippen LogP contribution is -2.55. The van der Waals surface area contributed by atoms with Crippen LogP contribution < -0.4 is 5.32 Å². The molecule has 0 unspecified atom stereocenters. The number of aliphatic carboxylic acids is 1. The van der Waals surface area contributed by atoms with E-state index in [1.54, 1.807) is 13.8 Å². The molecule has 2 aromatic rings. The molecule has 200 valence electrons. The minimum Gasteiger partial charge on any atom is -0.480 e. The Hall–Kier alpha value is -3.04. The highest BCUT2D eigenvalue weighted by molar-refractivity contribution is 5.82. The van der Waals surface area contributed by atoms with Crippen molar-refractivity contribution >= 4 is 17.8 Å². The Morgan fingerprint density at radius 3 is 2.62 bits per heavy atom. The molecule has 1 aliphatic heterocycles. The van der Waals surface area contributed by atoms with Gasteiger partial charge in [-0.3, -0.25) is 4.79 Å².